The molecule has 0 aliphatic carbocycles. The van der Waals surface area contributed by atoms with Gasteiger partial charge in [0, 0.05) is 56.3 Å². The van der Waals surface area contributed by atoms with Gasteiger partial charge in [-0.15, -0.1) is 0 Å². The van der Waals surface area contributed by atoms with E-state index in [0.717, 1.165) is 9.80 Å². The highest BCUT2D eigenvalue weighted by atomic mass is 16.4. The van der Waals surface area contributed by atoms with Gasteiger partial charge < -0.3 is 21.5 Å². The molecule has 2 heterocycles. The van der Waals surface area contributed by atoms with E-state index in [-0.39, 0.29) is 45.2 Å². The van der Waals surface area contributed by atoms with Gasteiger partial charge in [-0.05, 0) is 43.4 Å². The van der Waals surface area contributed by atoms with Crippen LogP contribution >= 0.6 is 0 Å². The van der Waals surface area contributed by atoms with E-state index in [0.29, 0.717) is 23.4 Å². The van der Waals surface area contributed by atoms with Gasteiger partial charge in [-0.2, -0.15) is 0 Å². The van der Waals surface area contributed by atoms with E-state index in [4.69, 9.17) is 10.8 Å². The standard InChI is InChI=1S/C28H33N5O8/c1-17(28(40)41)14-19(29)15-18-6-7-20(30-22(34)4-2-12-32-24(36)8-9-25(32)37)21(16-18)31-23(35)5-3-13-33-26(38)10-11-27(33)39/h6-11,16-17,19H,2-5,12-15,29H2,1H3,(H,30,34)(H,31,35)(H,40,41)/t17?,19-/m1/s1. The Morgan fingerprint density at radius 3 is 1.73 bits per heavy atom. The number of hydrogen-bond donors (Lipinski definition) is 4. The maximum absolute atomic E-state index is 12.7. The first kappa shape index (κ1) is 30.9. The van der Waals surface area contributed by atoms with Crippen molar-refractivity contribution in [1.29, 1.82) is 0 Å². The fourth-order valence-corrected chi connectivity index (χ4v) is 4.40. The Bertz CT molecular complexity index is 1270. The summed E-state index contributed by atoms with van der Waals surface area (Å²) in [4.78, 5) is 85.4. The van der Waals surface area contributed by atoms with Crippen LogP contribution in [0.5, 0.6) is 0 Å². The Kier molecular flexibility index (Phi) is 10.6. The Hall–Kier alpha value is -4.65. The first-order valence-corrected chi connectivity index (χ1v) is 13.2. The molecule has 6 amide bonds. The average Bonchev–Trinajstić information content (AvgIpc) is 3.40. The van der Waals surface area contributed by atoms with Crippen molar-refractivity contribution in [2.45, 2.75) is 51.5 Å². The molecule has 1 aromatic carbocycles. The van der Waals surface area contributed by atoms with Gasteiger partial charge in [0.05, 0.1) is 17.3 Å². The van der Waals surface area contributed by atoms with Gasteiger partial charge >= 0.3 is 5.97 Å². The molecule has 13 heteroatoms. The predicted octanol–water partition coefficient (Wildman–Crippen LogP) is 0.955. The highest BCUT2D eigenvalue weighted by Gasteiger charge is 2.24. The molecule has 2 aliphatic rings. The Labute approximate surface area is 236 Å². The Morgan fingerprint density at radius 2 is 1.27 bits per heavy atom. The molecule has 5 N–H and O–H groups in total. The molecule has 0 radical (unpaired) electrons. The second-order valence-corrected chi connectivity index (χ2v) is 9.95. The predicted molar refractivity (Wildman–Crippen MR) is 147 cm³/mol. The van der Waals surface area contributed by atoms with Crippen LogP contribution in [0.4, 0.5) is 11.4 Å². The summed E-state index contributed by atoms with van der Waals surface area (Å²) in [5.41, 5.74) is 7.46. The normalized spacial score (nSPS) is 16.0. The molecular formula is C28H33N5O8. The summed E-state index contributed by atoms with van der Waals surface area (Å²) in [6, 6.07) is 4.49. The van der Waals surface area contributed by atoms with Crippen molar-refractivity contribution in [2.24, 2.45) is 11.7 Å². The molecule has 0 saturated carbocycles. The molecule has 41 heavy (non-hydrogen) atoms. The number of carboxylic acid groups (broad SMARTS) is 1. The monoisotopic (exact) mass is 567 g/mol. The number of carboxylic acids is 1. The molecule has 2 atom stereocenters. The minimum absolute atomic E-state index is 0.00373. The zero-order valence-electron chi connectivity index (χ0n) is 22.6. The number of carbonyl (C=O) groups is 7. The summed E-state index contributed by atoms with van der Waals surface area (Å²) in [6.07, 6.45) is 5.73. The molecule has 2 aliphatic heterocycles. The second-order valence-electron chi connectivity index (χ2n) is 9.95. The summed E-state index contributed by atoms with van der Waals surface area (Å²) < 4.78 is 0. The van der Waals surface area contributed by atoms with Gasteiger partial charge in [-0.3, -0.25) is 43.4 Å². The van der Waals surface area contributed by atoms with Crippen LogP contribution in [-0.2, 0) is 40.0 Å². The largest absolute Gasteiger partial charge is 0.481 e. The number of nitrogens with two attached hydrogens (primary N) is 1. The number of amides is 6. The van der Waals surface area contributed by atoms with Crippen molar-refractivity contribution in [3.8, 4) is 0 Å². The SMILES string of the molecule is CC(C[C@@H](N)Cc1ccc(NC(=O)CCCN2C(=O)C=CC2=O)c(NC(=O)CCCN2C(=O)C=CC2=O)c1)C(=O)O. The lowest BCUT2D eigenvalue weighted by molar-refractivity contribution is -0.141. The van der Waals surface area contributed by atoms with Crippen molar-refractivity contribution in [3.63, 3.8) is 0 Å². The quantitative estimate of drug-likeness (QED) is 0.223. The maximum Gasteiger partial charge on any atom is 0.306 e. The highest BCUT2D eigenvalue weighted by Crippen LogP contribution is 2.26. The summed E-state index contributed by atoms with van der Waals surface area (Å²) in [5.74, 6) is -4.11. The third kappa shape index (κ3) is 8.93. The lowest BCUT2D eigenvalue weighted by atomic mass is 9.96. The average molecular weight is 568 g/mol. The van der Waals surface area contributed by atoms with Gasteiger partial charge in [0.15, 0.2) is 0 Å². The number of nitrogens with one attached hydrogen (secondary N) is 2. The molecule has 3 rings (SSSR count). The third-order valence-electron chi connectivity index (χ3n) is 6.58. The van der Waals surface area contributed by atoms with Crippen molar-refractivity contribution in [1.82, 2.24) is 9.80 Å². The van der Waals surface area contributed by atoms with Crippen LogP contribution in [0, 0.1) is 5.92 Å². The van der Waals surface area contributed by atoms with Gasteiger partial charge in [0.2, 0.25) is 11.8 Å². The fourth-order valence-electron chi connectivity index (χ4n) is 4.40. The van der Waals surface area contributed by atoms with Gasteiger partial charge in [-0.25, -0.2) is 0 Å². The van der Waals surface area contributed by atoms with E-state index >= 15 is 0 Å². The molecule has 0 aromatic heterocycles. The Morgan fingerprint density at radius 1 is 0.805 bits per heavy atom. The van der Waals surface area contributed by atoms with Gasteiger partial charge in [0.1, 0.15) is 0 Å². The second kappa shape index (κ2) is 14.1. The van der Waals surface area contributed by atoms with E-state index < -0.39 is 53.4 Å². The lowest BCUT2D eigenvalue weighted by Gasteiger charge is -2.18. The number of hydrogen-bond acceptors (Lipinski definition) is 8. The van der Waals surface area contributed by atoms with Crippen molar-refractivity contribution in [3.05, 3.63) is 48.1 Å². The topological polar surface area (TPSA) is 196 Å². The number of benzene rings is 1. The zero-order chi connectivity index (χ0) is 30.1. The van der Waals surface area contributed by atoms with Crippen molar-refractivity contribution in [2.75, 3.05) is 23.7 Å². The molecule has 218 valence electrons. The molecular weight excluding hydrogens is 534 g/mol. The minimum Gasteiger partial charge on any atom is -0.481 e. The first-order valence-electron chi connectivity index (χ1n) is 13.2. The summed E-state index contributed by atoms with van der Waals surface area (Å²) in [6.45, 7) is 1.73. The minimum atomic E-state index is -0.950. The van der Waals surface area contributed by atoms with Crippen molar-refractivity contribution >= 4 is 52.8 Å². The van der Waals surface area contributed by atoms with Gasteiger partial charge in [-0.1, -0.05) is 13.0 Å². The van der Waals surface area contributed by atoms with Crippen LogP contribution in [0.2, 0.25) is 0 Å². The van der Waals surface area contributed by atoms with Crippen LogP contribution in [0.1, 0.15) is 44.6 Å². The van der Waals surface area contributed by atoms with E-state index in [1.54, 1.807) is 25.1 Å². The smallest absolute Gasteiger partial charge is 0.306 e. The molecule has 0 bridgehead atoms. The molecule has 0 fully saturated rings. The summed E-state index contributed by atoms with van der Waals surface area (Å²) in [7, 11) is 0. The molecule has 0 saturated heterocycles. The van der Waals surface area contributed by atoms with Crippen LogP contribution < -0.4 is 16.4 Å². The van der Waals surface area contributed by atoms with E-state index in [9.17, 15) is 33.6 Å². The van der Waals surface area contributed by atoms with E-state index in [1.165, 1.54) is 24.3 Å². The van der Waals surface area contributed by atoms with Crippen LogP contribution in [0.25, 0.3) is 0 Å². The third-order valence-corrected chi connectivity index (χ3v) is 6.58. The molecule has 0 spiro atoms. The van der Waals surface area contributed by atoms with E-state index in [1.807, 2.05) is 0 Å². The van der Waals surface area contributed by atoms with Crippen molar-refractivity contribution < 1.29 is 38.7 Å². The number of anilines is 2. The van der Waals surface area contributed by atoms with Crippen LogP contribution in [0.15, 0.2) is 42.5 Å². The molecule has 13 nitrogen and oxygen atoms in total. The Balaban J connectivity index is 1.63. The zero-order valence-corrected chi connectivity index (χ0v) is 22.6. The summed E-state index contributed by atoms with van der Waals surface area (Å²) in [5, 5.41) is 14.6. The first-order chi connectivity index (χ1) is 19.4. The molecule has 1 unspecified atom stereocenters. The number of rotatable bonds is 15. The van der Waals surface area contributed by atoms with Gasteiger partial charge in [0.25, 0.3) is 23.6 Å². The molecule has 1 aromatic rings. The van der Waals surface area contributed by atoms with E-state index in [2.05, 4.69) is 10.6 Å². The fraction of sp³-hybridized carbons (Fsp3) is 0.393. The highest BCUT2D eigenvalue weighted by molar-refractivity contribution is 6.13. The number of imide groups is 2. The number of aliphatic carboxylic acids is 1. The maximum atomic E-state index is 12.7. The number of carbonyl (C=O) groups excluding carboxylic acids is 6. The lowest BCUT2D eigenvalue weighted by Crippen LogP contribution is -2.31. The number of nitrogens with zero attached hydrogens (tertiary/aromatic N) is 2. The van der Waals surface area contributed by atoms with Crippen LogP contribution in [0.3, 0.4) is 0 Å². The summed E-state index contributed by atoms with van der Waals surface area (Å²) >= 11 is 0. The van der Waals surface area contributed by atoms with Crippen LogP contribution in [-0.4, -0.2) is 75.5 Å².